The molecule has 0 spiro atoms. The Kier molecular flexibility index (Phi) is 7.49. The second-order valence-corrected chi connectivity index (χ2v) is 6.92. The summed E-state index contributed by atoms with van der Waals surface area (Å²) in [6.07, 6.45) is 0. The van der Waals surface area contributed by atoms with Crippen LogP contribution in [0, 0.1) is 0 Å². The zero-order valence-corrected chi connectivity index (χ0v) is 10.1. The molecule has 0 amide bonds. The van der Waals surface area contributed by atoms with E-state index in [0.29, 0.717) is 0 Å². The number of nitrogens with one attached hydrogen (secondary N) is 2. The van der Waals surface area contributed by atoms with E-state index in [1.807, 2.05) is 13.1 Å². The standard InChI is InChI=1S/C4H10N2.C4H12O2Si/c1-2-6-4-3-5-1;1-5-7(3,4)6-2/h5-6H,1-4H2;1-4H3. The van der Waals surface area contributed by atoms with Crippen molar-refractivity contribution >= 4 is 8.56 Å². The van der Waals surface area contributed by atoms with Crippen molar-refractivity contribution < 1.29 is 8.85 Å². The lowest BCUT2D eigenvalue weighted by molar-refractivity contribution is 0.258. The zero-order chi connectivity index (χ0) is 10.2. The summed E-state index contributed by atoms with van der Waals surface area (Å²) in [6, 6.07) is 0. The molecule has 1 rings (SSSR count). The van der Waals surface area contributed by atoms with Crippen molar-refractivity contribution in [3.05, 3.63) is 0 Å². The Morgan fingerprint density at radius 3 is 1.23 bits per heavy atom. The Balaban J connectivity index is 0.000000223. The highest BCUT2D eigenvalue weighted by Gasteiger charge is 2.19. The fraction of sp³-hybridized carbons (Fsp3) is 1.00. The van der Waals surface area contributed by atoms with Gasteiger partial charge < -0.3 is 19.5 Å². The Hall–Kier alpha value is 0.0569. The Morgan fingerprint density at radius 1 is 0.846 bits per heavy atom. The van der Waals surface area contributed by atoms with Crippen molar-refractivity contribution in [3.63, 3.8) is 0 Å². The molecule has 1 fully saturated rings. The average Bonchev–Trinajstić information content (AvgIpc) is 2.21. The molecule has 0 radical (unpaired) electrons. The molecule has 0 aliphatic carbocycles. The minimum absolute atomic E-state index is 1.14. The summed E-state index contributed by atoms with van der Waals surface area (Å²) >= 11 is 0. The molecule has 0 aromatic carbocycles. The van der Waals surface area contributed by atoms with E-state index in [2.05, 4.69) is 10.6 Å². The third-order valence-corrected chi connectivity index (χ3v) is 3.91. The fourth-order valence-electron chi connectivity index (χ4n) is 0.687. The minimum atomic E-state index is -1.65. The monoisotopic (exact) mass is 206 g/mol. The van der Waals surface area contributed by atoms with Gasteiger partial charge in [-0.1, -0.05) is 0 Å². The summed E-state index contributed by atoms with van der Waals surface area (Å²) in [5.74, 6) is 0. The van der Waals surface area contributed by atoms with Crippen LogP contribution in [0.1, 0.15) is 0 Å². The SMILES string of the molecule is C1CNCCN1.CO[Si](C)(C)OC. The van der Waals surface area contributed by atoms with E-state index in [0.717, 1.165) is 26.2 Å². The van der Waals surface area contributed by atoms with Crippen molar-refractivity contribution in [2.75, 3.05) is 40.4 Å². The lowest BCUT2D eigenvalue weighted by atomic mass is 10.4. The van der Waals surface area contributed by atoms with Gasteiger partial charge in [0.05, 0.1) is 0 Å². The molecule has 4 nitrogen and oxygen atoms in total. The maximum atomic E-state index is 5.00. The first-order chi connectivity index (χ1) is 6.12. The van der Waals surface area contributed by atoms with Gasteiger partial charge >= 0.3 is 8.56 Å². The Bertz CT molecular complexity index is 101. The third-order valence-electron chi connectivity index (χ3n) is 1.94. The molecule has 0 aromatic heterocycles. The molecule has 2 N–H and O–H groups in total. The van der Waals surface area contributed by atoms with Crippen molar-refractivity contribution in [3.8, 4) is 0 Å². The van der Waals surface area contributed by atoms with Crippen molar-refractivity contribution in [2.45, 2.75) is 13.1 Å². The third kappa shape index (κ3) is 8.39. The first-order valence-corrected chi connectivity index (χ1v) is 7.46. The number of piperazine rings is 1. The predicted octanol–water partition coefficient (Wildman–Crippen LogP) is 0.160. The lowest BCUT2D eigenvalue weighted by Gasteiger charge is -2.15. The highest BCUT2D eigenvalue weighted by atomic mass is 28.4. The fourth-order valence-corrected chi connectivity index (χ4v) is 0.854. The van der Waals surface area contributed by atoms with Gasteiger partial charge in [-0.05, 0) is 13.1 Å². The molecule has 13 heavy (non-hydrogen) atoms. The molecule has 0 unspecified atom stereocenters. The average molecular weight is 206 g/mol. The maximum absolute atomic E-state index is 5.00. The van der Waals surface area contributed by atoms with Crippen molar-refractivity contribution in [1.29, 1.82) is 0 Å². The number of hydrogen-bond acceptors (Lipinski definition) is 4. The van der Waals surface area contributed by atoms with Gasteiger partial charge in [0.2, 0.25) is 0 Å². The van der Waals surface area contributed by atoms with Gasteiger partial charge in [0.15, 0.2) is 0 Å². The van der Waals surface area contributed by atoms with Crippen molar-refractivity contribution in [2.24, 2.45) is 0 Å². The van der Waals surface area contributed by atoms with Crippen LogP contribution in [0.3, 0.4) is 0 Å². The second kappa shape index (κ2) is 7.46. The van der Waals surface area contributed by atoms with Gasteiger partial charge in [-0.15, -0.1) is 0 Å². The van der Waals surface area contributed by atoms with Gasteiger partial charge in [0.1, 0.15) is 0 Å². The Labute approximate surface area is 82.2 Å². The summed E-state index contributed by atoms with van der Waals surface area (Å²) < 4.78 is 10.0. The second-order valence-electron chi connectivity index (χ2n) is 3.31. The number of rotatable bonds is 2. The van der Waals surface area contributed by atoms with E-state index in [9.17, 15) is 0 Å². The van der Waals surface area contributed by atoms with E-state index in [4.69, 9.17) is 8.85 Å². The molecular weight excluding hydrogens is 184 g/mol. The smallest absolute Gasteiger partial charge is 0.331 e. The van der Waals surface area contributed by atoms with Crippen LogP contribution >= 0.6 is 0 Å². The summed E-state index contributed by atoms with van der Waals surface area (Å²) in [5.41, 5.74) is 0. The first kappa shape index (κ1) is 13.1. The molecule has 1 aliphatic rings. The van der Waals surface area contributed by atoms with Gasteiger partial charge in [-0.3, -0.25) is 0 Å². The molecule has 80 valence electrons. The van der Waals surface area contributed by atoms with Crippen LogP contribution in [0.5, 0.6) is 0 Å². The summed E-state index contributed by atoms with van der Waals surface area (Å²) in [7, 11) is 1.70. The molecule has 1 heterocycles. The topological polar surface area (TPSA) is 42.5 Å². The van der Waals surface area contributed by atoms with E-state index >= 15 is 0 Å². The van der Waals surface area contributed by atoms with Gasteiger partial charge in [-0.25, -0.2) is 0 Å². The lowest BCUT2D eigenvalue weighted by Crippen LogP contribution is -2.39. The molecule has 0 aromatic rings. The summed E-state index contributed by atoms with van der Waals surface area (Å²) in [4.78, 5) is 0. The summed E-state index contributed by atoms with van der Waals surface area (Å²) in [6.45, 7) is 8.54. The number of hydrogen-bond donors (Lipinski definition) is 2. The van der Waals surface area contributed by atoms with Gasteiger partial charge in [0, 0.05) is 40.4 Å². The molecule has 1 saturated heterocycles. The van der Waals surface area contributed by atoms with E-state index in [1.54, 1.807) is 14.2 Å². The van der Waals surface area contributed by atoms with Crippen LogP contribution in [0.25, 0.3) is 0 Å². The van der Waals surface area contributed by atoms with Crippen LogP contribution < -0.4 is 10.6 Å². The zero-order valence-electron chi connectivity index (χ0n) is 9.14. The van der Waals surface area contributed by atoms with Gasteiger partial charge in [-0.2, -0.15) is 0 Å². The van der Waals surface area contributed by atoms with Crippen LogP contribution in [0.2, 0.25) is 13.1 Å². The quantitative estimate of drug-likeness (QED) is 0.632. The normalized spacial score (nSPS) is 17.5. The van der Waals surface area contributed by atoms with Crippen LogP contribution in [0.4, 0.5) is 0 Å². The van der Waals surface area contributed by atoms with E-state index in [-0.39, 0.29) is 0 Å². The van der Waals surface area contributed by atoms with Crippen molar-refractivity contribution in [1.82, 2.24) is 10.6 Å². The molecule has 1 aliphatic heterocycles. The maximum Gasteiger partial charge on any atom is 0.331 e. The largest absolute Gasteiger partial charge is 0.398 e. The van der Waals surface area contributed by atoms with Crippen LogP contribution in [0.15, 0.2) is 0 Å². The summed E-state index contributed by atoms with van der Waals surface area (Å²) in [5, 5.41) is 6.44. The molecular formula is C8H22N2O2Si. The highest BCUT2D eigenvalue weighted by molar-refractivity contribution is 6.64. The van der Waals surface area contributed by atoms with Gasteiger partial charge in [0.25, 0.3) is 0 Å². The predicted molar refractivity (Wildman–Crippen MR) is 57.2 cm³/mol. The van der Waals surface area contributed by atoms with E-state index in [1.165, 1.54) is 0 Å². The first-order valence-electron chi connectivity index (χ1n) is 4.64. The Morgan fingerprint density at radius 2 is 1.15 bits per heavy atom. The molecule has 0 bridgehead atoms. The molecule has 5 heteroatoms. The van der Waals surface area contributed by atoms with Crippen LogP contribution in [-0.2, 0) is 8.85 Å². The molecule has 0 atom stereocenters. The highest BCUT2D eigenvalue weighted by Crippen LogP contribution is 1.99. The van der Waals surface area contributed by atoms with Crippen LogP contribution in [-0.4, -0.2) is 49.0 Å². The minimum Gasteiger partial charge on any atom is -0.398 e. The molecule has 0 saturated carbocycles. The van der Waals surface area contributed by atoms with E-state index < -0.39 is 8.56 Å².